The van der Waals surface area contributed by atoms with Crippen molar-refractivity contribution in [3.8, 4) is 0 Å². The summed E-state index contributed by atoms with van der Waals surface area (Å²) in [5, 5.41) is 0. The first kappa shape index (κ1) is 8.67. The number of hydrogen-bond acceptors (Lipinski definition) is 0. The Morgan fingerprint density at radius 3 is 2.15 bits per heavy atom. The van der Waals surface area contributed by atoms with Crippen molar-refractivity contribution < 1.29 is 8.78 Å². The zero-order valence-electron chi connectivity index (χ0n) is 7.56. The van der Waals surface area contributed by atoms with Crippen LogP contribution in [0.25, 0.3) is 0 Å². The molecule has 1 saturated carbocycles. The molecule has 0 spiro atoms. The van der Waals surface area contributed by atoms with Gasteiger partial charge in [0.25, 0.3) is 0 Å². The molecule has 0 bridgehead atoms. The molecule has 1 aromatic rings. The zero-order valence-corrected chi connectivity index (χ0v) is 7.56. The van der Waals surface area contributed by atoms with E-state index in [1.165, 1.54) is 5.56 Å². The zero-order chi connectivity index (χ0) is 9.47. The van der Waals surface area contributed by atoms with Gasteiger partial charge in [-0.3, -0.25) is 0 Å². The molecule has 1 aliphatic carbocycles. The summed E-state index contributed by atoms with van der Waals surface area (Å²) in [4.78, 5) is 0. The first-order valence-electron chi connectivity index (χ1n) is 4.51. The normalized spacial score (nSPS) is 21.2. The van der Waals surface area contributed by atoms with Crippen molar-refractivity contribution >= 4 is 0 Å². The predicted molar refractivity (Wildman–Crippen MR) is 48.1 cm³/mol. The highest BCUT2D eigenvalue weighted by Crippen LogP contribution is 2.48. The van der Waals surface area contributed by atoms with Crippen molar-refractivity contribution in [2.45, 2.75) is 31.6 Å². The van der Waals surface area contributed by atoms with Crippen molar-refractivity contribution in [2.75, 3.05) is 0 Å². The lowest BCUT2D eigenvalue weighted by atomic mass is 9.77. The van der Waals surface area contributed by atoms with Gasteiger partial charge in [-0.05, 0) is 18.4 Å². The summed E-state index contributed by atoms with van der Waals surface area (Å²) in [7, 11) is 0. The van der Waals surface area contributed by atoms with Crippen molar-refractivity contribution in [1.82, 2.24) is 0 Å². The molecule has 0 unspecified atom stereocenters. The average Bonchev–Trinajstić information content (AvgIpc) is 2.01. The van der Waals surface area contributed by atoms with E-state index in [1.807, 2.05) is 31.2 Å². The molecule has 1 fully saturated rings. The van der Waals surface area contributed by atoms with Crippen LogP contribution in [-0.4, -0.2) is 5.92 Å². The fraction of sp³-hybridized carbons (Fsp3) is 0.455. The Morgan fingerprint density at radius 1 is 1.15 bits per heavy atom. The number of alkyl halides is 2. The summed E-state index contributed by atoms with van der Waals surface area (Å²) in [6.07, 6.45) is 0.0477. The third-order valence-corrected chi connectivity index (χ3v) is 2.64. The standard InChI is InChI=1S/C11H12F2/c1-8-2-4-9(5-3-8)10-6-11(12,13)7-10/h2-5,10H,6-7H2,1H3. The number of benzene rings is 1. The summed E-state index contributed by atoms with van der Waals surface area (Å²) >= 11 is 0. The van der Waals surface area contributed by atoms with E-state index >= 15 is 0 Å². The Morgan fingerprint density at radius 2 is 1.69 bits per heavy atom. The van der Waals surface area contributed by atoms with Gasteiger partial charge in [0.05, 0.1) is 0 Å². The molecule has 2 rings (SSSR count). The van der Waals surface area contributed by atoms with Gasteiger partial charge in [-0.15, -0.1) is 0 Å². The lowest BCUT2D eigenvalue weighted by Crippen LogP contribution is -2.33. The molecular weight excluding hydrogens is 170 g/mol. The van der Waals surface area contributed by atoms with E-state index in [4.69, 9.17) is 0 Å². The first-order chi connectivity index (χ1) is 6.07. The van der Waals surface area contributed by atoms with Crippen molar-refractivity contribution in [3.63, 3.8) is 0 Å². The monoisotopic (exact) mass is 182 g/mol. The molecule has 0 N–H and O–H groups in total. The van der Waals surface area contributed by atoms with E-state index in [9.17, 15) is 8.78 Å². The molecule has 2 heteroatoms. The quantitative estimate of drug-likeness (QED) is 0.623. The van der Waals surface area contributed by atoms with Crippen molar-refractivity contribution in [3.05, 3.63) is 35.4 Å². The second kappa shape index (κ2) is 2.79. The molecule has 0 heterocycles. The molecule has 0 saturated heterocycles. The highest BCUT2D eigenvalue weighted by atomic mass is 19.3. The van der Waals surface area contributed by atoms with Crippen LogP contribution in [0.15, 0.2) is 24.3 Å². The lowest BCUT2D eigenvalue weighted by Gasteiger charge is -2.35. The fourth-order valence-corrected chi connectivity index (χ4v) is 1.74. The Bertz CT molecular complexity index is 292. The number of rotatable bonds is 1. The van der Waals surface area contributed by atoms with Crippen LogP contribution >= 0.6 is 0 Å². The number of aryl methyl sites for hydroxylation is 1. The first-order valence-corrected chi connectivity index (χ1v) is 4.51. The van der Waals surface area contributed by atoms with Crippen LogP contribution in [-0.2, 0) is 0 Å². The van der Waals surface area contributed by atoms with Gasteiger partial charge in [-0.2, -0.15) is 0 Å². The maximum atomic E-state index is 12.6. The molecule has 1 aromatic carbocycles. The van der Waals surface area contributed by atoms with Crippen molar-refractivity contribution in [2.24, 2.45) is 0 Å². The van der Waals surface area contributed by atoms with Gasteiger partial charge in [-0.1, -0.05) is 29.8 Å². The number of halogens is 2. The SMILES string of the molecule is Cc1ccc(C2CC(F)(F)C2)cc1. The second-order valence-corrected chi connectivity index (χ2v) is 3.87. The van der Waals surface area contributed by atoms with E-state index in [-0.39, 0.29) is 18.8 Å². The third-order valence-electron chi connectivity index (χ3n) is 2.64. The molecule has 13 heavy (non-hydrogen) atoms. The fourth-order valence-electron chi connectivity index (χ4n) is 1.74. The topological polar surface area (TPSA) is 0 Å². The Kier molecular flexibility index (Phi) is 1.86. The Balaban J connectivity index is 2.08. The van der Waals surface area contributed by atoms with Gasteiger partial charge < -0.3 is 0 Å². The molecule has 0 aliphatic heterocycles. The minimum absolute atomic E-state index is 0.0239. The molecule has 0 radical (unpaired) electrons. The number of hydrogen-bond donors (Lipinski definition) is 0. The van der Waals surface area contributed by atoms with E-state index in [0.717, 1.165) is 5.56 Å². The third kappa shape index (κ3) is 1.71. The average molecular weight is 182 g/mol. The van der Waals surface area contributed by atoms with Crippen molar-refractivity contribution in [1.29, 1.82) is 0 Å². The van der Waals surface area contributed by atoms with Crippen LogP contribution in [0.5, 0.6) is 0 Å². The second-order valence-electron chi connectivity index (χ2n) is 3.87. The maximum absolute atomic E-state index is 12.6. The Hall–Kier alpha value is -0.920. The molecule has 0 amide bonds. The van der Waals surface area contributed by atoms with Gasteiger partial charge in [0.2, 0.25) is 5.92 Å². The van der Waals surface area contributed by atoms with Crippen LogP contribution in [0.4, 0.5) is 8.78 Å². The summed E-state index contributed by atoms with van der Waals surface area (Å²) in [6.45, 7) is 2.00. The smallest absolute Gasteiger partial charge is 0.207 e. The molecule has 70 valence electrons. The van der Waals surface area contributed by atoms with Gasteiger partial charge >= 0.3 is 0 Å². The molecule has 0 nitrogen and oxygen atoms in total. The van der Waals surface area contributed by atoms with E-state index < -0.39 is 5.92 Å². The van der Waals surface area contributed by atoms with Crippen LogP contribution in [0.2, 0.25) is 0 Å². The van der Waals surface area contributed by atoms with Gasteiger partial charge in [-0.25, -0.2) is 8.78 Å². The van der Waals surface area contributed by atoms with Crippen LogP contribution < -0.4 is 0 Å². The summed E-state index contributed by atoms with van der Waals surface area (Å²) in [6, 6.07) is 7.86. The summed E-state index contributed by atoms with van der Waals surface area (Å²) in [5.74, 6) is -2.33. The van der Waals surface area contributed by atoms with E-state index in [2.05, 4.69) is 0 Å². The summed E-state index contributed by atoms with van der Waals surface area (Å²) in [5.41, 5.74) is 2.23. The van der Waals surface area contributed by atoms with Crippen LogP contribution in [0.1, 0.15) is 29.9 Å². The molecule has 0 atom stereocenters. The minimum atomic E-state index is -2.41. The largest absolute Gasteiger partial charge is 0.249 e. The Labute approximate surface area is 76.6 Å². The minimum Gasteiger partial charge on any atom is -0.207 e. The van der Waals surface area contributed by atoms with E-state index in [1.54, 1.807) is 0 Å². The summed E-state index contributed by atoms with van der Waals surface area (Å²) < 4.78 is 25.1. The van der Waals surface area contributed by atoms with E-state index in [0.29, 0.717) is 0 Å². The van der Waals surface area contributed by atoms with Gasteiger partial charge in [0.15, 0.2) is 0 Å². The lowest BCUT2D eigenvalue weighted by molar-refractivity contribution is -0.0867. The van der Waals surface area contributed by atoms with Gasteiger partial charge in [0, 0.05) is 12.8 Å². The van der Waals surface area contributed by atoms with Crippen LogP contribution in [0.3, 0.4) is 0 Å². The van der Waals surface area contributed by atoms with Crippen LogP contribution in [0, 0.1) is 6.92 Å². The molecule has 1 aliphatic rings. The predicted octanol–water partition coefficient (Wildman–Crippen LogP) is 3.51. The maximum Gasteiger partial charge on any atom is 0.249 e. The highest BCUT2D eigenvalue weighted by Gasteiger charge is 2.45. The molecular formula is C11H12F2. The van der Waals surface area contributed by atoms with Gasteiger partial charge in [0.1, 0.15) is 0 Å². The molecule has 0 aromatic heterocycles. The highest BCUT2D eigenvalue weighted by molar-refractivity contribution is 5.27.